The van der Waals surface area contributed by atoms with E-state index in [1.807, 2.05) is 24.3 Å². The van der Waals surface area contributed by atoms with Gasteiger partial charge in [-0.1, -0.05) is 12.1 Å². The number of hydrogen-bond acceptors (Lipinski definition) is 4. The van der Waals surface area contributed by atoms with Crippen LogP contribution in [-0.2, 0) is 4.74 Å². The maximum Gasteiger partial charge on any atom is 0.119 e. The Labute approximate surface area is 121 Å². The predicted molar refractivity (Wildman–Crippen MR) is 79.0 cm³/mol. The zero-order valence-corrected chi connectivity index (χ0v) is 12.3. The topological polar surface area (TPSA) is 50.7 Å². The van der Waals surface area contributed by atoms with E-state index in [4.69, 9.17) is 9.47 Å². The molecule has 1 aromatic carbocycles. The standard InChI is InChI=1S/C16H25NO3/c1-12(13-6-8-20-9-7-13)17-11-16(18)14-4-3-5-15(10-14)19-2/h3-5,10,12-13,16-18H,6-9,11H2,1-2H3. The molecule has 1 heterocycles. The molecule has 0 saturated carbocycles. The van der Waals surface area contributed by atoms with Gasteiger partial charge in [0, 0.05) is 25.8 Å². The lowest BCUT2D eigenvalue weighted by Crippen LogP contribution is -2.38. The highest BCUT2D eigenvalue weighted by Gasteiger charge is 2.21. The summed E-state index contributed by atoms with van der Waals surface area (Å²) in [5.41, 5.74) is 0.885. The fourth-order valence-corrected chi connectivity index (χ4v) is 2.65. The van der Waals surface area contributed by atoms with Gasteiger partial charge in [0.25, 0.3) is 0 Å². The maximum absolute atomic E-state index is 10.2. The van der Waals surface area contributed by atoms with Crippen molar-refractivity contribution < 1.29 is 14.6 Å². The quantitative estimate of drug-likeness (QED) is 0.837. The molecular formula is C16H25NO3. The van der Waals surface area contributed by atoms with Crippen LogP contribution < -0.4 is 10.1 Å². The molecule has 1 aromatic rings. The van der Waals surface area contributed by atoms with Crippen molar-refractivity contribution in [3.05, 3.63) is 29.8 Å². The highest BCUT2D eigenvalue weighted by Crippen LogP contribution is 2.21. The van der Waals surface area contributed by atoms with Crippen LogP contribution in [0.4, 0.5) is 0 Å². The van der Waals surface area contributed by atoms with Crippen LogP contribution in [0.15, 0.2) is 24.3 Å². The first kappa shape index (κ1) is 15.3. The van der Waals surface area contributed by atoms with Crippen LogP contribution in [0.2, 0.25) is 0 Å². The van der Waals surface area contributed by atoms with E-state index >= 15 is 0 Å². The second-order valence-electron chi connectivity index (χ2n) is 5.44. The summed E-state index contributed by atoms with van der Waals surface area (Å²) in [6.07, 6.45) is 1.69. The molecule has 0 aromatic heterocycles. The molecule has 1 fully saturated rings. The van der Waals surface area contributed by atoms with E-state index < -0.39 is 6.10 Å². The molecule has 112 valence electrons. The maximum atomic E-state index is 10.2. The lowest BCUT2D eigenvalue weighted by atomic mass is 9.93. The van der Waals surface area contributed by atoms with Gasteiger partial charge in [0.1, 0.15) is 5.75 Å². The normalized spacial score (nSPS) is 19.6. The Hall–Kier alpha value is -1.10. The highest BCUT2D eigenvalue weighted by atomic mass is 16.5. The number of hydrogen-bond donors (Lipinski definition) is 2. The summed E-state index contributed by atoms with van der Waals surface area (Å²) in [4.78, 5) is 0. The number of aliphatic hydroxyl groups is 1. The monoisotopic (exact) mass is 279 g/mol. The zero-order chi connectivity index (χ0) is 14.4. The van der Waals surface area contributed by atoms with Crippen LogP contribution >= 0.6 is 0 Å². The Balaban J connectivity index is 1.82. The second kappa shape index (κ2) is 7.62. The molecule has 4 heteroatoms. The van der Waals surface area contributed by atoms with Crippen molar-refractivity contribution in [2.24, 2.45) is 5.92 Å². The Morgan fingerprint density at radius 2 is 2.15 bits per heavy atom. The van der Waals surface area contributed by atoms with E-state index in [2.05, 4.69) is 12.2 Å². The van der Waals surface area contributed by atoms with Gasteiger partial charge in [-0.3, -0.25) is 0 Å². The molecule has 1 saturated heterocycles. The van der Waals surface area contributed by atoms with Gasteiger partial charge in [-0.2, -0.15) is 0 Å². The molecule has 1 aliphatic rings. The lowest BCUT2D eigenvalue weighted by molar-refractivity contribution is 0.0536. The molecule has 1 aliphatic heterocycles. The van der Waals surface area contributed by atoms with Crippen molar-refractivity contribution >= 4 is 0 Å². The molecular weight excluding hydrogens is 254 g/mol. The van der Waals surface area contributed by atoms with Gasteiger partial charge in [-0.05, 0) is 43.4 Å². The van der Waals surface area contributed by atoms with Gasteiger partial charge in [-0.25, -0.2) is 0 Å². The van der Waals surface area contributed by atoms with E-state index in [0.717, 1.165) is 37.4 Å². The van der Waals surface area contributed by atoms with Gasteiger partial charge in [0.2, 0.25) is 0 Å². The Morgan fingerprint density at radius 3 is 2.85 bits per heavy atom. The highest BCUT2D eigenvalue weighted by molar-refractivity contribution is 5.29. The van der Waals surface area contributed by atoms with Crippen molar-refractivity contribution in [2.45, 2.75) is 31.9 Å². The molecule has 2 unspecified atom stereocenters. The summed E-state index contributed by atoms with van der Waals surface area (Å²) in [5.74, 6) is 1.42. The van der Waals surface area contributed by atoms with Crippen molar-refractivity contribution in [1.29, 1.82) is 0 Å². The molecule has 0 bridgehead atoms. The minimum absolute atomic E-state index is 0.402. The van der Waals surface area contributed by atoms with E-state index in [1.165, 1.54) is 0 Å². The summed E-state index contributed by atoms with van der Waals surface area (Å²) < 4.78 is 10.6. The third-order valence-corrected chi connectivity index (χ3v) is 4.08. The summed E-state index contributed by atoms with van der Waals surface area (Å²) >= 11 is 0. The van der Waals surface area contributed by atoms with Gasteiger partial charge < -0.3 is 19.9 Å². The molecule has 0 radical (unpaired) electrons. The number of rotatable bonds is 6. The van der Waals surface area contributed by atoms with Gasteiger partial charge in [0.05, 0.1) is 13.2 Å². The summed E-state index contributed by atoms with van der Waals surface area (Å²) in [7, 11) is 1.64. The van der Waals surface area contributed by atoms with E-state index in [-0.39, 0.29) is 0 Å². The molecule has 2 rings (SSSR count). The first-order valence-corrected chi connectivity index (χ1v) is 7.34. The minimum atomic E-state index is -0.507. The van der Waals surface area contributed by atoms with E-state index in [0.29, 0.717) is 18.5 Å². The molecule has 0 amide bonds. The van der Waals surface area contributed by atoms with Crippen LogP contribution in [0, 0.1) is 5.92 Å². The second-order valence-corrected chi connectivity index (χ2v) is 5.44. The first-order chi connectivity index (χ1) is 9.70. The van der Waals surface area contributed by atoms with Crippen molar-refractivity contribution in [3.8, 4) is 5.75 Å². The number of methoxy groups -OCH3 is 1. The van der Waals surface area contributed by atoms with Crippen LogP contribution in [-0.4, -0.2) is 38.0 Å². The third-order valence-electron chi connectivity index (χ3n) is 4.08. The summed E-state index contributed by atoms with van der Waals surface area (Å²) in [6, 6.07) is 7.99. The molecule has 2 atom stereocenters. The van der Waals surface area contributed by atoms with Crippen LogP contribution in [0.5, 0.6) is 5.75 Å². The van der Waals surface area contributed by atoms with Gasteiger partial charge >= 0.3 is 0 Å². The summed E-state index contributed by atoms with van der Waals surface area (Å²) in [5, 5.41) is 13.7. The number of nitrogens with one attached hydrogen (secondary N) is 1. The summed E-state index contributed by atoms with van der Waals surface area (Å²) in [6.45, 7) is 4.46. The Bertz CT molecular complexity index is 404. The molecule has 20 heavy (non-hydrogen) atoms. The van der Waals surface area contributed by atoms with Gasteiger partial charge in [-0.15, -0.1) is 0 Å². The number of benzene rings is 1. The van der Waals surface area contributed by atoms with Crippen LogP contribution in [0.3, 0.4) is 0 Å². The van der Waals surface area contributed by atoms with E-state index in [9.17, 15) is 5.11 Å². The van der Waals surface area contributed by atoms with E-state index in [1.54, 1.807) is 7.11 Å². The molecule has 4 nitrogen and oxygen atoms in total. The fourth-order valence-electron chi connectivity index (χ4n) is 2.65. The van der Waals surface area contributed by atoms with Crippen LogP contribution in [0.25, 0.3) is 0 Å². The minimum Gasteiger partial charge on any atom is -0.497 e. The van der Waals surface area contributed by atoms with Crippen LogP contribution in [0.1, 0.15) is 31.4 Å². The smallest absolute Gasteiger partial charge is 0.119 e. The Kier molecular flexibility index (Phi) is 5.83. The fraction of sp³-hybridized carbons (Fsp3) is 0.625. The Morgan fingerprint density at radius 1 is 1.40 bits per heavy atom. The average Bonchev–Trinajstić information content (AvgIpc) is 2.53. The third kappa shape index (κ3) is 4.20. The average molecular weight is 279 g/mol. The molecule has 0 aliphatic carbocycles. The number of aliphatic hydroxyl groups excluding tert-OH is 1. The molecule has 0 spiro atoms. The number of ether oxygens (including phenoxy) is 2. The lowest BCUT2D eigenvalue weighted by Gasteiger charge is -2.29. The zero-order valence-electron chi connectivity index (χ0n) is 12.3. The van der Waals surface area contributed by atoms with Crippen molar-refractivity contribution in [2.75, 3.05) is 26.9 Å². The van der Waals surface area contributed by atoms with Crippen molar-refractivity contribution in [1.82, 2.24) is 5.32 Å². The largest absolute Gasteiger partial charge is 0.497 e. The van der Waals surface area contributed by atoms with Gasteiger partial charge in [0.15, 0.2) is 0 Å². The predicted octanol–water partition coefficient (Wildman–Crippen LogP) is 2.13. The first-order valence-electron chi connectivity index (χ1n) is 7.34. The van der Waals surface area contributed by atoms with Crippen molar-refractivity contribution in [3.63, 3.8) is 0 Å². The molecule has 2 N–H and O–H groups in total. The SMILES string of the molecule is COc1cccc(C(O)CNC(C)C2CCOCC2)c1.